The number of aryl methyl sites for hydroxylation is 2. The van der Waals surface area contributed by atoms with Crippen molar-refractivity contribution < 1.29 is 17.2 Å². The molecule has 0 bridgehead atoms. The first-order valence-electron chi connectivity index (χ1n) is 7.40. The van der Waals surface area contributed by atoms with Gasteiger partial charge in [0.15, 0.2) is 0 Å². The number of nitrogens with zero attached hydrogens (tertiary/aromatic N) is 2. The lowest BCUT2D eigenvalue weighted by molar-refractivity contribution is 0.0614. The zero-order valence-electron chi connectivity index (χ0n) is 13.5. The lowest BCUT2D eigenvalue weighted by Crippen LogP contribution is -2.13. The van der Waals surface area contributed by atoms with Gasteiger partial charge in [0.25, 0.3) is 10.0 Å². The summed E-state index contributed by atoms with van der Waals surface area (Å²) in [6.45, 7) is 3.54. The molecule has 0 aliphatic rings. The molecule has 128 valence electrons. The van der Waals surface area contributed by atoms with Gasteiger partial charge in [-0.2, -0.15) is 14.0 Å². The van der Waals surface area contributed by atoms with Crippen LogP contribution >= 0.6 is 0 Å². The van der Waals surface area contributed by atoms with Crippen molar-refractivity contribution in [2.75, 3.05) is 0 Å². The van der Waals surface area contributed by atoms with Crippen molar-refractivity contribution in [1.29, 1.82) is 5.26 Å². The number of benzene rings is 2. The Morgan fingerprint density at radius 1 is 1.08 bits per heavy atom. The Hall–Kier alpha value is -2.72. The van der Waals surface area contributed by atoms with Crippen molar-refractivity contribution in [1.82, 2.24) is 3.97 Å². The fourth-order valence-corrected chi connectivity index (χ4v) is 4.06. The first kappa shape index (κ1) is 17.1. The summed E-state index contributed by atoms with van der Waals surface area (Å²) < 4.78 is 54.2. The SMILES string of the molecule is Cc1ccc(S(=O)(=O)n2cc(C)c3ccc(C(F)(F)C#N)cc32)cc1. The number of aromatic nitrogens is 1. The van der Waals surface area contributed by atoms with Gasteiger partial charge in [0, 0.05) is 17.1 Å². The minimum Gasteiger partial charge on any atom is -0.241 e. The van der Waals surface area contributed by atoms with Gasteiger partial charge in [-0.15, -0.1) is 0 Å². The molecule has 0 aliphatic carbocycles. The smallest absolute Gasteiger partial charge is 0.241 e. The van der Waals surface area contributed by atoms with E-state index in [1.165, 1.54) is 24.4 Å². The molecule has 0 atom stereocenters. The van der Waals surface area contributed by atoms with Crippen LogP contribution in [0.25, 0.3) is 10.9 Å². The third-order valence-corrected chi connectivity index (χ3v) is 5.74. The van der Waals surface area contributed by atoms with Gasteiger partial charge in [0.2, 0.25) is 0 Å². The van der Waals surface area contributed by atoms with Crippen LogP contribution < -0.4 is 0 Å². The van der Waals surface area contributed by atoms with Gasteiger partial charge in [-0.05, 0) is 37.6 Å². The third kappa shape index (κ3) is 2.79. The van der Waals surface area contributed by atoms with Gasteiger partial charge in [0.1, 0.15) is 6.07 Å². The minimum atomic E-state index is -3.94. The molecule has 7 heteroatoms. The summed E-state index contributed by atoms with van der Waals surface area (Å²) in [5.41, 5.74) is 1.12. The lowest BCUT2D eigenvalue weighted by Gasteiger charge is -2.11. The van der Waals surface area contributed by atoms with E-state index in [0.717, 1.165) is 27.7 Å². The highest BCUT2D eigenvalue weighted by Crippen LogP contribution is 2.32. The molecular formula is C18H14F2N2O2S. The number of halogens is 2. The van der Waals surface area contributed by atoms with E-state index in [1.807, 2.05) is 6.92 Å². The summed E-state index contributed by atoms with van der Waals surface area (Å²) >= 11 is 0. The van der Waals surface area contributed by atoms with Crippen molar-refractivity contribution in [2.45, 2.75) is 24.7 Å². The topological polar surface area (TPSA) is 62.9 Å². The summed E-state index contributed by atoms with van der Waals surface area (Å²) in [5.74, 6) is -3.69. The van der Waals surface area contributed by atoms with Crippen LogP contribution in [0, 0.1) is 25.2 Å². The van der Waals surface area contributed by atoms with Gasteiger partial charge >= 0.3 is 5.92 Å². The van der Waals surface area contributed by atoms with E-state index in [4.69, 9.17) is 5.26 Å². The standard InChI is InChI=1S/C18H14F2N2O2S/c1-12-3-6-15(7-4-12)25(23,24)22-10-13(2)16-8-5-14(9-17(16)22)18(19,20)11-21/h3-10H,1-2H3. The van der Waals surface area contributed by atoms with Crippen molar-refractivity contribution in [3.05, 3.63) is 65.4 Å². The second kappa shape index (κ2) is 5.67. The Morgan fingerprint density at radius 2 is 1.72 bits per heavy atom. The predicted molar refractivity (Wildman–Crippen MR) is 89.9 cm³/mol. The average Bonchev–Trinajstić information content (AvgIpc) is 2.92. The number of fused-ring (bicyclic) bond motifs is 1. The molecule has 0 unspecified atom stereocenters. The molecular weight excluding hydrogens is 346 g/mol. The van der Waals surface area contributed by atoms with E-state index in [-0.39, 0.29) is 10.4 Å². The zero-order chi connectivity index (χ0) is 18.4. The van der Waals surface area contributed by atoms with E-state index < -0.39 is 21.5 Å². The lowest BCUT2D eigenvalue weighted by atomic mass is 10.1. The largest absolute Gasteiger partial charge is 0.357 e. The maximum atomic E-state index is 13.7. The summed E-state index contributed by atoms with van der Waals surface area (Å²) in [6, 6.07) is 10.8. The predicted octanol–water partition coefficient (Wildman–Crippen LogP) is 4.11. The maximum absolute atomic E-state index is 13.7. The molecule has 0 N–H and O–H groups in total. The number of alkyl halides is 2. The molecule has 3 rings (SSSR count). The molecule has 0 fully saturated rings. The molecule has 25 heavy (non-hydrogen) atoms. The molecule has 0 radical (unpaired) electrons. The van der Waals surface area contributed by atoms with Crippen LogP contribution in [0.1, 0.15) is 16.7 Å². The van der Waals surface area contributed by atoms with E-state index in [2.05, 4.69) is 0 Å². The van der Waals surface area contributed by atoms with Crippen LogP contribution in [-0.2, 0) is 15.9 Å². The van der Waals surface area contributed by atoms with E-state index in [9.17, 15) is 17.2 Å². The van der Waals surface area contributed by atoms with Crippen molar-refractivity contribution in [3.63, 3.8) is 0 Å². The molecule has 0 saturated heterocycles. The molecule has 1 heterocycles. The van der Waals surface area contributed by atoms with Gasteiger partial charge in [0.05, 0.1) is 10.4 Å². The van der Waals surface area contributed by atoms with Gasteiger partial charge < -0.3 is 0 Å². The first-order valence-corrected chi connectivity index (χ1v) is 8.84. The Morgan fingerprint density at radius 3 is 2.32 bits per heavy atom. The summed E-state index contributed by atoms with van der Waals surface area (Å²) in [4.78, 5) is 0.0625. The van der Waals surface area contributed by atoms with Crippen LogP contribution in [0.2, 0.25) is 0 Å². The fourth-order valence-electron chi connectivity index (χ4n) is 2.64. The van der Waals surface area contributed by atoms with Crippen LogP contribution in [0.15, 0.2) is 53.6 Å². The molecule has 0 aliphatic heterocycles. The summed E-state index contributed by atoms with van der Waals surface area (Å²) in [7, 11) is -3.94. The highest BCUT2D eigenvalue weighted by atomic mass is 32.2. The minimum absolute atomic E-state index is 0.0625. The molecule has 0 amide bonds. The van der Waals surface area contributed by atoms with Crippen LogP contribution in [0.3, 0.4) is 0 Å². The van der Waals surface area contributed by atoms with Crippen LogP contribution in [0.4, 0.5) is 8.78 Å². The highest BCUT2D eigenvalue weighted by Gasteiger charge is 2.32. The fraction of sp³-hybridized carbons (Fsp3) is 0.167. The van der Waals surface area contributed by atoms with Crippen LogP contribution in [0.5, 0.6) is 0 Å². The Labute approximate surface area is 144 Å². The van der Waals surface area contributed by atoms with Gasteiger partial charge in [-0.25, -0.2) is 12.4 Å². The van der Waals surface area contributed by atoms with Crippen molar-refractivity contribution >= 4 is 20.9 Å². The maximum Gasteiger partial charge on any atom is 0.357 e. The third-order valence-electron chi connectivity index (χ3n) is 4.05. The number of hydrogen-bond donors (Lipinski definition) is 0. The Balaban J connectivity index is 2.27. The van der Waals surface area contributed by atoms with Crippen molar-refractivity contribution in [3.8, 4) is 6.07 Å². The molecule has 1 aromatic heterocycles. The number of rotatable bonds is 3. The van der Waals surface area contributed by atoms with E-state index in [0.29, 0.717) is 10.9 Å². The second-order valence-corrected chi connectivity index (χ2v) is 7.66. The van der Waals surface area contributed by atoms with Gasteiger partial charge in [-0.1, -0.05) is 29.8 Å². The van der Waals surface area contributed by atoms with E-state index in [1.54, 1.807) is 19.1 Å². The molecule has 4 nitrogen and oxygen atoms in total. The Bertz CT molecular complexity index is 1110. The summed E-state index contributed by atoms with van der Waals surface area (Å²) in [5, 5.41) is 9.17. The monoisotopic (exact) mass is 360 g/mol. The molecule has 3 aromatic rings. The Kier molecular flexibility index (Phi) is 3.88. The van der Waals surface area contributed by atoms with Gasteiger partial charge in [-0.3, -0.25) is 0 Å². The van der Waals surface area contributed by atoms with Crippen molar-refractivity contribution in [2.24, 2.45) is 0 Å². The highest BCUT2D eigenvalue weighted by molar-refractivity contribution is 7.90. The van der Waals surface area contributed by atoms with Crippen LogP contribution in [-0.4, -0.2) is 12.4 Å². The summed E-state index contributed by atoms with van der Waals surface area (Å²) in [6.07, 6.45) is 1.40. The number of hydrogen-bond acceptors (Lipinski definition) is 3. The molecule has 0 saturated carbocycles. The van der Waals surface area contributed by atoms with E-state index >= 15 is 0 Å². The zero-order valence-corrected chi connectivity index (χ0v) is 14.3. The molecule has 2 aromatic carbocycles. The number of nitriles is 1. The molecule has 0 spiro atoms. The first-order chi connectivity index (χ1) is 11.7. The second-order valence-electron chi connectivity index (χ2n) is 5.84. The normalized spacial score (nSPS) is 12.3. The average molecular weight is 360 g/mol. The quantitative estimate of drug-likeness (QED) is 0.706.